The molecular formula is C20H19N5O2S. The highest BCUT2D eigenvalue weighted by Crippen LogP contribution is 2.31. The second kappa shape index (κ2) is 7.85. The van der Waals surface area contributed by atoms with Crippen molar-refractivity contribution in [3.8, 4) is 0 Å². The molecular weight excluding hydrogens is 374 g/mol. The minimum absolute atomic E-state index is 0.0526. The maximum atomic E-state index is 12.6. The summed E-state index contributed by atoms with van der Waals surface area (Å²) in [4.78, 5) is 35.0. The van der Waals surface area contributed by atoms with Crippen LogP contribution in [0.1, 0.15) is 6.42 Å². The summed E-state index contributed by atoms with van der Waals surface area (Å²) in [7, 11) is 0. The molecule has 2 amide bonds. The van der Waals surface area contributed by atoms with Crippen molar-refractivity contribution in [2.75, 3.05) is 23.1 Å². The number of amides is 2. The summed E-state index contributed by atoms with van der Waals surface area (Å²) >= 11 is 1.49. The van der Waals surface area contributed by atoms with Gasteiger partial charge < -0.3 is 4.90 Å². The number of anilines is 2. The first kappa shape index (κ1) is 18.2. The Morgan fingerprint density at radius 2 is 2.00 bits per heavy atom. The normalized spacial score (nSPS) is 16.4. The molecule has 0 unspecified atom stereocenters. The Balaban J connectivity index is 1.46. The van der Waals surface area contributed by atoms with Crippen molar-refractivity contribution in [2.45, 2.75) is 11.4 Å². The second-order valence-corrected chi connectivity index (χ2v) is 7.29. The van der Waals surface area contributed by atoms with E-state index in [1.165, 1.54) is 18.1 Å². The number of thioether (sulfide) groups is 1. The molecule has 0 aliphatic carbocycles. The van der Waals surface area contributed by atoms with Gasteiger partial charge >= 0.3 is 0 Å². The summed E-state index contributed by atoms with van der Waals surface area (Å²) in [6.07, 6.45) is 3.52. The second-order valence-electron chi connectivity index (χ2n) is 6.46. The van der Waals surface area contributed by atoms with Crippen LogP contribution < -0.4 is 15.8 Å². The Hall–Kier alpha value is -3.13. The summed E-state index contributed by atoms with van der Waals surface area (Å²) in [6.45, 7) is 0.347. The predicted octanol–water partition coefficient (Wildman–Crippen LogP) is 2.85. The maximum absolute atomic E-state index is 12.6. The van der Waals surface area contributed by atoms with Gasteiger partial charge in [0.2, 0.25) is 11.8 Å². The maximum Gasteiger partial charge on any atom is 0.243 e. The number of carbonyl (C=O) groups excluding carboxylic acids is 2. The molecule has 1 fully saturated rings. The van der Waals surface area contributed by atoms with Crippen LogP contribution in [0.3, 0.4) is 0 Å². The van der Waals surface area contributed by atoms with Crippen molar-refractivity contribution in [3.05, 3.63) is 54.9 Å². The lowest BCUT2D eigenvalue weighted by Crippen LogP contribution is -2.36. The van der Waals surface area contributed by atoms with Crippen LogP contribution in [0.25, 0.3) is 10.8 Å². The Kier molecular flexibility index (Phi) is 5.12. The number of carbonyl (C=O) groups is 2. The van der Waals surface area contributed by atoms with E-state index in [1.54, 1.807) is 11.0 Å². The van der Waals surface area contributed by atoms with Crippen LogP contribution in [-0.4, -0.2) is 34.6 Å². The van der Waals surface area contributed by atoms with E-state index in [4.69, 9.17) is 0 Å². The van der Waals surface area contributed by atoms with E-state index in [-0.39, 0.29) is 18.2 Å². The van der Waals surface area contributed by atoms with E-state index in [1.807, 2.05) is 48.7 Å². The number of hydrogen-bond donors (Lipinski definition) is 2. The third kappa shape index (κ3) is 3.63. The lowest BCUT2D eigenvalue weighted by atomic mass is 10.1. The van der Waals surface area contributed by atoms with E-state index in [0.29, 0.717) is 12.4 Å². The van der Waals surface area contributed by atoms with Crippen LogP contribution in [0.2, 0.25) is 0 Å². The smallest absolute Gasteiger partial charge is 0.243 e. The topological polar surface area (TPSA) is 87.2 Å². The molecule has 1 aliphatic rings. The average molecular weight is 393 g/mol. The van der Waals surface area contributed by atoms with Gasteiger partial charge in [0.05, 0.1) is 11.6 Å². The minimum Gasteiger partial charge on any atom is -0.311 e. The van der Waals surface area contributed by atoms with Crippen molar-refractivity contribution in [3.63, 3.8) is 0 Å². The quantitative estimate of drug-likeness (QED) is 0.394. The Labute approximate surface area is 166 Å². The number of hydrazine groups is 1. The lowest BCUT2D eigenvalue weighted by Gasteiger charge is -2.19. The fourth-order valence-electron chi connectivity index (χ4n) is 3.31. The molecule has 2 aromatic carbocycles. The van der Waals surface area contributed by atoms with E-state index < -0.39 is 5.92 Å². The van der Waals surface area contributed by atoms with Crippen molar-refractivity contribution in [2.24, 2.45) is 5.92 Å². The van der Waals surface area contributed by atoms with Gasteiger partial charge in [-0.3, -0.25) is 20.4 Å². The van der Waals surface area contributed by atoms with Gasteiger partial charge in [0.15, 0.2) is 0 Å². The van der Waals surface area contributed by atoms with E-state index in [9.17, 15) is 9.59 Å². The molecule has 1 aliphatic heterocycles. The number of benzene rings is 2. The molecule has 0 saturated carbocycles. The van der Waals surface area contributed by atoms with Crippen LogP contribution in [0.15, 0.2) is 59.9 Å². The van der Waals surface area contributed by atoms with Crippen LogP contribution in [0, 0.1) is 5.92 Å². The molecule has 2 heterocycles. The minimum atomic E-state index is -0.430. The summed E-state index contributed by atoms with van der Waals surface area (Å²) in [5, 5.41) is 2.86. The average Bonchev–Trinajstić information content (AvgIpc) is 3.13. The summed E-state index contributed by atoms with van der Waals surface area (Å²) in [5.41, 5.74) is 6.30. The number of hydrogen-bond acceptors (Lipinski definition) is 6. The van der Waals surface area contributed by atoms with Crippen molar-refractivity contribution in [1.82, 2.24) is 15.4 Å². The fourth-order valence-corrected chi connectivity index (χ4v) is 3.69. The summed E-state index contributed by atoms with van der Waals surface area (Å²) < 4.78 is 0. The zero-order valence-electron chi connectivity index (χ0n) is 15.3. The van der Waals surface area contributed by atoms with E-state index in [0.717, 1.165) is 21.5 Å². The summed E-state index contributed by atoms with van der Waals surface area (Å²) in [6, 6.07) is 15.5. The van der Waals surface area contributed by atoms with Crippen molar-refractivity contribution in [1.29, 1.82) is 0 Å². The molecule has 1 atom stereocenters. The van der Waals surface area contributed by atoms with Crippen LogP contribution in [0.4, 0.5) is 11.5 Å². The van der Waals surface area contributed by atoms with Gasteiger partial charge in [-0.2, -0.15) is 0 Å². The SMILES string of the molecule is CSc1cc(NNC(=O)[C@H]2CC(=O)N(c3cccc4ccccc34)C2)ncn1. The fraction of sp³-hybridized carbons (Fsp3) is 0.200. The zero-order chi connectivity index (χ0) is 19.5. The largest absolute Gasteiger partial charge is 0.311 e. The molecule has 3 aromatic rings. The van der Waals surface area contributed by atoms with Gasteiger partial charge in [0.25, 0.3) is 0 Å². The first-order valence-corrected chi connectivity index (χ1v) is 10.1. The molecule has 2 N–H and O–H groups in total. The van der Waals surface area contributed by atoms with Crippen LogP contribution >= 0.6 is 11.8 Å². The van der Waals surface area contributed by atoms with E-state index in [2.05, 4.69) is 20.8 Å². The molecule has 142 valence electrons. The lowest BCUT2D eigenvalue weighted by molar-refractivity contribution is -0.125. The van der Waals surface area contributed by atoms with E-state index >= 15 is 0 Å². The molecule has 1 aromatic heterocycles. The predicted molar refractivity (Wildman–Crippen MR) is 110 cm³/mol. The number of nitrogens with one attached hydrogen (secondary N) is 2. The zero-order valence-corrected chi connectivity index (χ0v) is 16.1. The Morgan fingerprint density at radius 3 is 2.86 bits per heavy atom. The molecule has 1 saturated heterocycles. The van der Waals surface area contributed by atoms with Crippen LogP contribution in [-0.2, 0) is 9.59 Å². The Bertz CT molecular complexity index is 1040. The molecule has 0 bridgehead atoms. The van der Waals surface area contributed by atoms with Crippen LogP contribution in [0.5, 0.6) is 0 Å². The first-order valence-electron chi connectivity index (χ1n) is 8.86. The number of nitrogens with zero attached hydrogens (tertiary/aromatic N) is 3. The van der Waals surface area contributed by atoms with Crippen molar-refractivity contribution < 1.29 is 9.59 Å². The van der Waals surface area contributed by atoms with Gasteiger partial charge in [-0.15, -0.1) is 11.8 Å². The van der Waals surface area contributed by atoms with Gasteiger partial charge in [-0.25, -0.2) is 9.97 Å². The molecule has 0 spiro atoms. The third-order valence-corrected chi connectivity index (χ3v) is 5.36. The highest BCUT2D eigenvalue weighted by molar-refractivity contribution is 7.98. The van der Waals surface area contributed by atoms with Crippen molar-refractivity contribution >= 4 is 45.9 Å². The van der Waals surface area contributed by atoms with Gasteiger partial charge in [-0.05, 0) is 17.7 Å². The highest BCUT2D eigenvalue weighted by atomic mass is 32.2. The number of aromatic nitrogens is 2. The molecule has 0 radical (unpaired) electrons. The molecule has 4 rings (SSSR count). The molecule has 28 heavy (non-hydrogen) atoms. The highest BCUT2D eigenvalue weighted by Gasteiger charge is 2.35. The first-order chi connectivity index (χ1) is 13.7. The van der Waals surface area contributed by atoms with Gasteiger partial charge in [-0.1, -0.05) is 36.4 Å². The Morgan fingerprint density at radius 1 is 1.18 bits per heavy atom. The van der Waals surface area contributed by atoms with Gasteiger partial charge in [0.1, 0.15) is 17.2 Å². The third-order valence-electron chi connectivity index (χ3n) is 4.72. The summed E-state index contributed by atoms with van der Waals surface area (Å²) in [5.74, 6) is -0.215. The van der Waals surface area contributed by atoms with Gasteiger partial charge in [0, 0.05) is 24.4 Å². The monoisotopic (exact) mass is 393 g/mol. The number of rotatable bonds is 5. The molecule has 8 heteroatoms. The standard InChI is InChI=1S/C20H19N5O2S/c1-28-18-10-17(21-12-22-18)23-24-20(27)14-9-19(26)25(11-14)16-8-4-6-13-5-2-3-7-15(13)16/h2-8,10,12,14H,9,11H2,1H3,(H,24,27)(H,21,22,23)/t14-/m0/s1. The molecule has 7 nitrogen and oxygen atoms in total. The number of fused-ring (bicyclic) bond motifs is 1.